The van der Waals surface area contributed by atoms with Gasteiger partial charge >= 0.3 is 0 Å². The van der Waals surface area contributed by atoms with Crippen molar-refractivity contribution in [3.63, 3.8) is 0 Å². The zero-order valence-corrected chi connectivity index (χ0v) is 10.9. The van der Waals surface area contributed by atoms with Crippen LogP contribution < -0.4 is 5.73 Å². The quantitative estimate of drug-likeness (QED) is 0.792. The molecule has 0 amide bonds. The number of nitrogens with zero attached hydrogens (tertiary/aromatic N) is 4. The van der Waals surface area contributed by atoms with E-state index in [4.69, 9.17) is 10.6 Å². The van der Waals surface area contributed by atoms with Crippen molar-refractivity contribution in [2.24, 2.45) is 17.9 Å². The molecule has 1 aromatic rings. The number of nitrogens with two attached hydrogens (primary N) is 1. The molecule has 94 valence electrons. The Morgan fingerprint density at radius 1 is 1.53 bits per heavy atom. The van der Waals surface area contributed by atoms with Crippen molar-refractivity contribution in [3.8, 4) is 0 Å². The maximum atomic E-state index is 5.54. The van der Waals surface area contributed by atoms with Crippen LogP contribution in [0, 0.1) is 0 Å². The predicted molar refractivity (Wildman–Crippen MR) is 66.8 cm³/mol. The van der Waals surface area contributed by atoms with Crippen LogP contribution in [0.5, 0.6) is 0 Å². The molecule has 0 fully saturated rings. The lowest BCUT2D eigenvalue weighted by molar-refractivity contribution is 0.103. The van der Waals surface area contributed by atoms with E-state index in [-0.39, 0.29) is 6.10 Å². The van der Waals surface area contributed by atoms with E-state index in [1.54, 1.807) is 11.8 Å². The highest BCUT2D eigenvalue weighted by Crippen LogP contribution is 2.22. The van der Waals surface area contributed by atoms with Gasteiger partial charge in [0.15, 0.2) is 5.16 Å². The third-order valence-electron chi connectivity index (χ3n) is 2.71. The number of hydrogen-bond donors (Lipinski definition) is 1. The minimum absolute atomic E-state index is 0.160. The smallest absolute Gasteiger partial charge is 0.191 e. The largest absolute Gasteiger partial charge is 0.391 e. The Bertz CT molecular complexity index is 417. The predicted octanol–water partition coefficient (Wildman–Crippen LogP) is 0.921. The fraction of sp³-hybridized carbons (Fsp3) is 0.700. The summed E-state index contributed by atoms with van der Waals surface area (Å²) in [6, 6.07) is 0. The molecule has 1 aliphatic rings. The molecule has 1 aliphatic heterocycles. The highest BCUT2D eigenvalue weighted by molar-refractivity contribution is 7.99. The van der Waals surface area contributed by atoms with Crippen molar-refractivity contribution in [2.75, 3.05) is 5.75 Å². The molecule has 7 heteroatoms. The lowest BCUT2D eigenvalue weighted by atomic mass is 10.2. The molecule has 1 atom stereocenters. The molecule has 17 heavy (non-hydrogen) atoms. The molecule has 2 rings (SSSR count). The van der Waals surface area contributed by atoms with Gasteiger partial charge in [-0.15, -0.1) is 10.2 Å². The SMILES string of the molecule is CCC1=NOC(CSc2nnc(CN)n2C)C1. The van der Waals surface area contributed by atoms with Gasteiger partial charge in [-0.3, -0.25) is 0 Å². The van der Waals surface area contributed by atoms with E-state index in [9.17, 15) is 0 Å². The second-order valence-electron chi connectivity index (χ2n) is 3.92. The van der Waals surface area contributed by atoms with Crippen LogP contribution in [0.3, 0.4) is 0 Å². The Labute approximate surface area is 105 Å². The molecule has 2 heterocycles. The van der Waals surface area contributed by atoms with Crippen molar-refractivity contribution in [2.45, 2.75) is 37.6 Å². The average Bonchev–Trinajstić information content (AvgIpc) is 2.93. The molecule has 0 spiro atoms. The van der Waals surface area contributed by atoms with Gasteiger partial charge < -0.3 is 15.1 Å². The van der Waals surface area contributed by atoms with Crippen molar-refractivity contribution in [3.05, 3.63) is 5.82 Å². The van der Waals surface area contributed by atoms with E-state index in [0.29, 0.717) is 6.54 Å². The van der Waals surface area contributed by atoms with Gasteiger partial charge in [0.25, 0.3) is 0 Å². The summed E-state index contributed by atoms with van der Waals surface area (Å²) in [5.41, 5.74) is 6.68. The standard InChI is InChI=1S/C10H17N5OS/c1-3-7-4-8(16-14-7)6-17-10-13-12-9(5-11)15(10)2/h8H,3-6,11H2,1-2H3. The van der Waals surface area contributed by atoms with E-state index in [2.05, 4.69) is 22.3 Å². The van der Waals surface area contributed by atoms with Crippen LogP contribution in [0.1, 0.15) is 25.6 Å². The molecule has 0 bridgehead atoms. The Kier molecular flexibility index (Phi) is 4.01. The number of thioether (sulfide) groups is 1. The summed E-state index contributed by atoms with van der Waals surface area (Å²) >= 11 is 1.63. The van der Waals surface area contributed by atoms with E-state index < -0.39 is 0 Å². The summed E-state index contributed by atoms with van der Waals surface area (Å²) in [7, 11) is 1.92. The first kappa shape index (κ1) is 12.4. The maximum Gasteiger partial charge on any atom is 0.191 e. The summed E-state index contributed by atoms with van der Waals surface area (Å²) < 4.78 is 1.92. The molecule has 0 saturated carbocycles. The minimum atomic E-state index is 0.160. The van der Waals surface area contributed by atoms with Gasteiger partial charge in [-0.1, -0.05) is 23.8 Å². The topological polar surface area (TPSA) is 78.3 Å². The lowest BCUT2D eigenvalue weighted by Gasteiger charge is -2.07. The van der Waals surface area contributed by atoms with Crippen LogP contribution >= 0.6 is 11.8 Å². The van der Waals surface area contributed by atoms with Crippen LogP contribution in [0.15, 0.2) is 10.3 Å². The van der Waals surface area contributed by atoms with E-state index in [1.807, 2.05) is 11.6 Å². The Balaban J connectivity index is 1.85. The summed E-state index contributed by atoms with van der Waals surface area (Å²) in [6.07, 6.45) is 2.04. The molecule has 0 aliphatic carbocycles. The van der Waals surface area contributed by atoms with Crippen molar-refractivity contribution >= 4 is 17.5 Å². The van der Waals surface area contributed by atoms with Gasteiger partial charge in [-0.25, -0.2) is 0 Å². The summed E-state index contributed by atoms with van der Waals surface area (Å²) in [4.78, 5) is 5.34. The number of oxime groups is 1. The lowest BCUT2D eigenvalue weighted by Crippen LogP contribution is -2.11. The molecule has 0 aromatic carbocycles. The van der Waals surface area contributed by atoms with Gasteiger partial charge in [-0.05, 0) is 6.42 Å². The Hall–Kier alpha value is -1.08. The third kappa shape index (κ3) is 2.78. The first-order valence-electron chi connectivity index (χ1n) is 5.67. The minimum Gasteiger partial charge on any atom is -0.391 e. The first-order chi connectivity index (χ1) is 8.24. The van der Waals surface area contributed by atoms with Crippen LogP contribution in [0.4, 0.5) is 0 Å². The second kappa shape index (κ2) is 5.50. The monoisotopic (exact) mass is 255 g/mol. The fourth-order valence-electron chi connectivity index (χ4n) is 1.60. The zero-order valence-electron chi connectivity index (χ0n) is 10.1. The molecule has 0 radical (unpaired) electrons. The molecule has 0 saturated heterocycles. The summed E-state index contributed by atoms with van der Waals surface area (Å²) in [6.45, 7) is 2.50. The normalized spacial score (nSPS) is 19.2. The molecule has 6 nitrogen and oxygen atoms in total. The molecular formula is C10H17N5OS. The third-order valence-corrected chi connectivity index (χ3v) is 3.86. The fourth-order valence-corrected chi connectivity index (χ4v) is 2.51. The Morgan fingerprint density at radius 3 is 2.94 bits per heavy atom. The van der Waals surface area contributed by atoms with E-state index in [0.717, 1.165) is 35.3 Å². The second-order valence-corrected chi connectivity index (χ2v) is 4.90. The molecule has 2 N–H and O–H groups in total. The number of aromatic nitrogens is 3. The first-order valence-corrected chi connectivity index (χ1v) is 6.65. The van der Waals surface area contributed by atoms with E-state index >= 15 is 0 Å². The van der Waals surface area contributed by atoms with Gasteiger partial charge in [0.05, 0.1) is 12.3 Å². The van der Waals surface area contributed by atoms with Crippen LogP contribution in [0.2, 0.25) is 0 Å². The van der Waals surface area contributed by atoms with Crippen LogP contribution in [0.25, 0.3) is 0 Å². The summed E-state index contributed by atoms with van der Waals surface area (Å²) in [5, 5.41) is 13.0. The van der Waals surface area contributed by atoms with Gasteiger partial charge in [0.2, 0.25) is 0 Å². The van der Waals surface area contributed by atoms with E-state index in [1.165, 1.54) is 0 Å². The molecular weight excluding hydrogens is 238 g/mol. The Morgan fingerprint density at radius 2 is 2.35 bits per heavy atom. The number of hydrogen-bond acceptors (Lipinski definition) is 6. The average molecular weight is 255 g/mol. The molecule has 1 aromatic heterocycles. The van der Waals surface area contributed by atoms with Gasteiger partial charge in [0.1, 0.15) is 11.9 Å². The highest BCUT2D eigenvalue weighted by Gasteiger charge is 2.21. The van der Waals surface area contributed by atoms with Crippen molar-refractivity contribution in [1.29, 1.82) is 0 Å². The zero-order chi connectivity index (χ0) is 12.3. The van der Waals surface area contributed by atoms with Crippen molar-refractivity contribution in [1.82, 2.24) is 14.8 Å². The highest BCUT2D eigenvalue weighted by atomic mass is 32.2. The molecule has 1 unspecified atom stereocenters. The summed E-state index contributed by atoms with van der Waals surface area (Å²) in [5.74, 6) is 1.63. The maximum absolute atomic E-state index is 5.54. The number of rotatable bonds is 5. The van der Waals surface area contributed by atoms with Crippen molar-refractivity contribution < 1.29 is 4.84 Å². The van der Waals surface area contributed by atoms with Crippen LogP contribution in [-0.4, -0.2) is 32.3 Å². The van der Waals surface area contributed by atoms with Gasteiger partial charge in [0, 0.05) is 19.2 Å². The van der Waals surface area contributed by atoms with Gasteiger partial charge in [-0.2, -0.15) is 0 Å². The van der Waals surface area contributed by atoms with Crippen LogP contribution in [-0.2, 0) is 18.4 Å².